The van der Waals surface area contributed by atoms with E-state index in [2.05, 4.69) is 10.1 Å². The van der Waals surface area contributed by atoms with Crippen LogP contribution in [0.15, 0.2) is 34.2 Å². The van der Waals surface area contributed by atoms with Crippen LogP contribution in [0.1, 0.15) is 60.3 Å². The number of amidine groups is 1. The summed E-state index contributed by atoms with van der Waals surface area (Å²) in [6.07, 6.45) is -5.80. The number of H-pyrrole nitrogens is 1. The highest BCUT2D eigenvalue weighted by molar-refractivity contribution is 6.09. The predicted octanol–water partition coefficient (Wildman–Crippen LogP) is 4.72. The number of hydrogen-bond donors (Lipinski definition) is 2. The third kappa shape index (κ3) is 5.81. The van der Waals surface area contributed by atoms with E-state index in [1.54, 1.807) is 19.1 Å². The van der Waals surface area contributed by atoms with Crippen molar-refractivity contribution in [2.45, 2.75) is 59.1 Å². The highest BCUT2D eigenvalue weighted by Gasteiger charge is 2.63. The second-order valence-corrected chi connectivity index (χ2v) is 8.01. The third-order valence-electron chi connectivity index (χ3n) is 5.17. The van der Waals surface area contributed by atoms with Gasteiger partial charge in [-0.25, -0.2) is 0 Å². The van der Waals surface area contributed by atoms with E-state index < -0.39 is 23.8 Å². The minimum atomic E-state index is -6.06. The first kappa shape index (κ1) is 27.0. The van der Waals surface area contributed by atoms with E-state index >= 15 is 0 Å². The number of amides is 1. The zero-order chi connectivity index (χ0) is 25.8. The van der Waals surface area contributed by atoms with Crippen LogP contribution in [-0.4, -0.2) is 35.4 Å². The summed E-state index contributed by atoms with van der Waals surface area (Å²) in [5.41, 5.74) is 3.36. The van der Waals surface area contributed by atoms with Gasteiger partial charge in [0, 0.05) is 34.5 Å². The van der Waals surface area contributed by atoms with Crippen molar-refractivity contribution in [2.75, 3.05) is 6.61 Å². The van der Waals surface area contributed by atoms with Gasteiger partial charge < -0.3 is 15.1 Å². The van der Waals surface area contributed by atoms with Gasteiger partial charge in [-0.15, -0.1) is 0 Å². The Balaban J connectivity index is 2.37. The molecule has 0 atom stereocenters. The number of alkyl halides is 5. The molecule has 0 aliphatic carbocycles. The van der Waals surface area contributed by atoms with Crippen LogP contribution in [0.2, 0.25) is 0 Å². The van der Waals surface area contributed by atoms with Crippen molar-refractivity contribution in [2.24, 2.45) is 5.16 Å². The average Bonchev–Trinajstić information content (AvgIpc) is 2.76. The lowest BCUT2D eigenvalue weighted by Gasteiger charge is -2.19. The number of hydrogen-bond acceptors (Lipinski definition) is 4. The summed E-state index contributed by atoms with van der Waals surface area (Å²) in [4.78, 5) is 32.5. The molecule has 0 radical (unpaired) electrons. The molecule has 0 aliphatic rings. The van der Waals surface area contributed by atoms with Crippen LogP contribution in [-0.2, 0) is 16.1 Å². The van der Waals surface area contributed by atoms with E-state index in [1.807, 2.05) is 20.8 Å². The molecule has 2 rings (SSSR count). The molecular weight excluding hydrogens is 461 g/mol. The van der Waals surface area contributed by atoms with Gasteiger partial charge in [-0.05, 0) is 32.3 Å². The highest BCUT2D eigenvalue weighted by Crippen LogP contribution is 2.35. The lowest BCUT2D eigenvalue weighted by atomic mass is 9.95. The molecule has 1 amide bonds. The van der Waals surface area contributed by atoms with E-state index in [4.69, 9.17) is 4.84 Å². The topological polar surface area (TPSA) is 83.5 Å². The molecule has 0 spiro atoms. The van der Waals surface area contributed by atoms with Crippen LogP contribution in [0.5, 0.6) is 0 Å². The first-order valence-corrected chi connectivity index (χ1v) is 10.5. The fourth-order valence-corrected chi connectivity index (χ4v) is 3.13. The van der Waals surface area contributed by atoms with Gasteiger partial charge in [0.05, 0.1) is 0 Å². The number of carbonyl (C=O) groups excluding carboxylic acids is 1. The minimum Gasteiger partial charge on any atom is -0.394 e. The molecule has 1 aromatic carbocycles. The standard InChI is InChI=1S/C23H26F5N3O3/c1-6-34-31-20(30-21(33)22(24,25)23(26,27)28)16-9-7-15(8-10-16)11-17-18(12(2)3)29-14(5)13(4)19(17)32/h7-10,12H,6,11H2,1-5H3,(H,29,32)(H,30,31,33). The van der Waals surface area contributed by atoms with E-state index in [0.29, 0.717) is 16.7 Å². The number of rotatable bonds is 7. The van der Waals surface area contributed by atoms with Gasteiger partial charge in [0.25, 0.3) is 0 Å². The molecule has 34 heavy (non-hydrogen) atoms. The van der Waals surface area contributed by atoms with Crippen LogP contribution >= 0.6 is 0 Å². The summed E-state index contributed by atoms with van der Waals surface area (Å²) in [6.45, 7) is 8.94. The molecule has 6 nitrogen and oxygen atoms in total. The molecule has 0 bridgehead atoms. The minimum absolute atomic E-state index is 0.0132. The molecule has 2 N–H and O–H groups in total. The number of carbonyl (C=O) groups is 1. The van der Waals surface area contributed by atoms with Crippen molar-refractivity contribution >= 4 is 11.7 Å². The maximum absolute atomic E-state index is 13.4. The summed E-state index contributed by atoms with van der Waals surface area (Å²) in [5, 5.41) is 4.96. The molecule has 0 fully saturated rings. The Bertz CT molecular complexity index is 1120. The molecule has 0 saturated heterocycles. The fraction of sp³-hybridized carbons (Fsp3) is 0.435. The SMILES string of the molecule is CCO/N=C(/NC(=O)C(F)(F)C(F)(F)F)c1ccc(Cc2c(C(C)C)[nH]c(C)c(C)c2=O)cc1. The number of benzene rings is 1. The van der Waals surface area contributed by atoms with Gasteiger partial charge in [0.2, 0.25) is 0 Å². The first-order chi connectivity index (χ1) is 15.7. The second-order valence-electron chi connectivity index (χ2n) is 8.01. The fourth-order valence-electron chi connectivity index (χ4n) is 3.13. The van der Waals surface area contributed by atoms with Gasteiger partial charge in [-0.2, -0.15) is 22.0 Å². The number of aromatic nitrogens is 1. The molecule has 1 aromatic heterocycles. The van der Waals surface area contributed by atoms with Gasteiger partial charge >= 0.3 is 18.0 Å². The Morgan fingerprint density at radius 3 is 2.21 bits per heavy atom. The number of nitrogens with zero attached hydrogens (tertiary/aromatic N) is 1. The van der Waals surface area contributed by atoms with E-state index in [-0.39, 0.29) is 29.9 Å². The summed E-state index contributed by atoms with van der Waals surface area (Å²) < 4.78 is 64.3. The first-order valence-electron chi connectivity index (χ1n) is 10.5. The third-order valence-corrected chi connectivity index (χ3v) is 5.17. The van der Waals surface area contributed by atoms with Gasteiger partial charge in [-0.1, -0.05) is 43.3 Å². The van der Waals surface area contributed by atoms with E-state index in [1.165, 1.54) is 24.4 Å². The predicted molar refractivity (Wildman–Crippen MR) is 117 cm³/mol. The number of pyridine rings is 1. The van der Waals surface area contributed by atoms with Gasteiger partial charge in [-0.3, -0.25) is 9.59 Å². The summed E-state index contributed by atoms with van der Waals surface area (Å²) in [5.74, 6) is -8.74. The lowest BCUT2D eigenvalue weighted by Crippen LogP contribution is -2.52. The van der Waals surface area contributed by atoms with E-state index in [0.717, 1.165) is 11.4 Å². The van der Waals surface area contributed by atoms with Gasteiger partial charge in [0.15, 0.2) is 11.3 Å². The zero-order valence-corrected chi connectivity index (χ0v) is 19.4. The highest BCUT2D eigenvalue weighted by atomic mass is 19.4. The summed E-state index contributed by atoms with van der Waals surface area (Å²) in [6, 6.07) is 5.88. The molecule has 0 aliphatic heterocycles. The molecule has 1 heterocycles. The molecule has 11 heteroatoms. The Hall–Kier alpha value is -3.24. The van der Waals surface area contributed by atoms with Crippen LogP contribution in [0.25, 0.3) is 0 Å². The molecular formula is C23H26F5N3O3. The van der Waals surface area contributed by atoms with Crippen LogP contribution in [0.4, 0.5) is 22.0 Å². The second kappa shape index (κ2) is 10.4. The van der Waals surface area contributed by atoms with Crippen LogP contribution in [0, 0.1) is 13.8 Å². The normalized spacial score (nSPS) is 12.7. The summed E-state index contributed by atoms with van der Waals surface area (Å²) >= 11 is 0. The number of nitrogens with one attached hydrogen (secondary N) is 2. The number of aryl methyl sites for hydroxylation is 1. The van der Waals surface area contributed by atoms with Crippen molar-refractivity contribution in [3.63, 3.8) is 0 Å². The van der Waals surface area contributed by atoms with E-state index in [9.17, 15) is 31.5 Å². The maximum Gasteiger partial charge on any atom is 0.463 e. The summed E-state index contributed by atoms with van der Waals surface area (Å²) in [7, 11) is 0. The number of aromatic amines is 1. The molecule has 0 saturated carbocycles. The largest absolute Gasteiger partial charge is 0.463 e. The van der Waals surface area contributed by atoms with Crippen LogP contribution in [0.3, 0.4) is 0 Å². The monoisotopic (exact) mass is 487 g/mol. The average molecular weight is 487 g/mol. The quantitative estimate of drug-likeness (QED) is 0.257. The molecule has 0 unspecified atom stereocenters. The Morgan fingerprint density at radius 1 is 1.12 bits per heavy atom. The van der Waals surface area contributed by atoms with Crippen molar-refractivity contribution in [1.82, 2.24) is 10.3 Å². The van der Waals surface area contributed by atoms with Crippen molar-refractivity contribution in [1.29, 1.82) is 0 Å². The van der Waals surface area contributed by atoms with Crippen molar-refractivity contribution < 1.29 is 31.6 Å². The Kier molecular flexibility index (Phi) is 8.22. The zero-order valence-electron chi connectivity index (χ0n) is 19.4. The van der Waals surface area contributed by atoms with Gasteiger partial charge in [0.1, 0.15) is 6.61 Å². The Morgan fingerprint density at radius 2 is 1.71 bits per heavy atom. The Labute approximate surface area is 193 Å². The number of halogens is 5. The van der Waals surface area contributed by atoms with Crippen molar-refractivity contribution in [3.8, 4) is 0 Å². The maximum atomic E-state index is 13.4. The molecule has 186 valence electrons. The molecule has 2 aromatic rings. The lowest BCUT2D eigenvalue weighted by molar-refractivity contribution is -0.269. The van der Waals surface area contributed by atoms with Crippen LogP contribution < -0.4 is 10.7 Å². The smallest absolute Gasteiger partial charge is 0.394 e. The number of oxime groups is 1. The van der Waals surface area contributed by atoms with Crippen molar-refractivity contribution in [3.05, 3.63) is 68.1 Å².